The number of carbonyl (C=O) groups is 1. The van der Waals surface area contributed by atoms with Crippen LogP contribution in [0, 0.1) is 5.82 Å². The number of urea groups is 1. The van der Waals surface area contributed by atoms with E-state index in [4.69, 9.17) is 9.47 Å². The summed E-state index contributed by atoms with van der Waals surface area (Å²) in [4.78, 5) is 20.8. The number of amides is 2. The van der Waals surface area contributed by atoms with Crippen molar-refractivity contribution >= 4 is 39.8 Å². The molecule has 0 bridgehead atoms. The lowest BCUT2D eigenvalue weighted by Gasteiger charge is -2.12. The average Bonchev–Trinajstić information content (AvgIpc) is 2.81. The van der Waals surface area contributed by atoms with Gasteiger partial charge in [-0.15, -0.1) is 0 Å². The van der Waals surface area contributed by atoms with E-state index < -0.39 is 6.03 Å². The number of hydrogen-bond donors (Lipinski definition) is 3. The summed E-state index contributed by atoms with van der Waals surface area (Å²) >= 11 is 0. The van der Waals surface area contributed by atoms with Gasteiger partial charge >= 0.3 is 6.03 Å². The summed E-state index contributed by atoms with van der Waals surface area (Å²) < 4.78 is 23.7. The Kier molecular flexibility index (Phi) is 5.98. The largest absolute Gasteiger partial charge is 0.493 e. The number of hydrogen-bond acceptors (Lipinski definition) is 6. The molecule has 3 aromatic carbocycles. The number of aromatic nitrogens is 2. The molecular weight excluding hydrogens is 413 g/mol. The molecule has 32 heavy (non-hydrogen) atoms. The molecule has 0 radical (unpaired) electrons. The molecule has 1 aromatic heterocycles. The molecule has 0 saturated carbocycles. The molecule has 0 fully saturated rings. The van der Waals surface area contributed by atoms with E-state index in [1.54, 1.807) is 32.4 Å². The molecule has 0 saturated heterocycles. The number of nitrogens with zero attached hydrogens (tertiary/aromatic N) is 2. The van der Waals surface area contributed by atoms with Gasteiger partial charge < -0.3 is 25.4 Å². The van der Waals surface area contributed by atoms with Crippen LogP contribution in [0.1, 0.15) is 0 Å². The summed E-state index contributed by atoms with van der Waals surface area (Å²) in [5.74, 6) is 1.39. The van der Waals surface area contributed by atoms with Gasteiger partial charge in [0.05, 0.1) is 19.7 Å². The molecule has 1 heterocycles. The predicted molar refractivity (Wildman–Crippen MR) is 121 cm³/mol. The van der Waals surface area contributed by atoms with Crippen molar-refractivity contribution in [1.29, 1.82) is 0 Å². The maximum absolute atomic E-state index is 13.0. The highest BCUT2D eigenvalue weighted by Gasteiger charge is 2.11. The second-order valence-corrected chi connectivity index (χ2v) is 6.73. The van der Waals surface area contributed by atoms with Crippen LogP contribution in [0.25, 0.3) is 10.9 Å². The summed E-state index contributed by atoms with van der Waals surface area (Å²) in [5.41, 5.74) is 2.55. The lowest BCUT2D eigenvalue weighted by Crippen LogP contribution is -2.19. The van der Waals surface area contributed by atoms with Crippen molar-refractivity contribution in [2.45, 2.75) is 0 Å². The number of methoxy groups -OCH3 is 2. The molecule has 162 valence electrons. The summed E-state index contributed by atoms with van der Waals surface area (Å²) in [6, 6.07) is 15.8. The maximum Gasteiger partial charge on any atom is 0.323 e. The van der Waals surface area contributed by atoms with E-state index in [9.17, 15) is 9.18 Å². The van der Waals surface area contributed by atoms with Gasteiger partial charge in [-0.25, -0.2) is 19.2 Å². The van der Waals surface area contributed by atoms with Gasteiger partial charge in [0.2, 0.25) is 0 Å². The van der Waals surface area contributed by atoms with Crippen molar-refractivity contribution < 1.29 is 18.7 Å². The fourth-order valence-electron chi connectivity index (χ4n) is 3.08. The molecule has 3 N–H and O–H groups in total. The van der Waals surface area contributed by atoms with E-state index in [2.05, 4.69) is 25.9 Å². The number of anilines is 4. The Morgan fingerprint density at radius 1 is 0.812 bits per heavy atom. The third kappa shape index (κ3) is 4.67. The summed E-state index contributed by atoms with van der Waals surface area (Å²) in [5, 5.41) is 9.39. The number of halogens is 1. The van der Waals surface area contributed by atoms with Gasteiger partial charge in [0.25, 0.3) is 0 Å². The van der Waals surface area contributed by atoms with Gasteiger partial charge in [0.15, 0.2) is 11.5 Å². The van der Waals surface area contributed by atoms with E-state index in [0.717, 1.165) is 11.1 Å². The molecule has 0 aliphatic heterocycles. The summed E-state index contributed by atoms with van der Waals surface area (Å²) in [6.07, 6.45) is 1.46. The maximum atomic E-state index is 13.0. The molecule has 4 aromatic rings. The average molecular weight is 433 g/mol. The Hall–Kier alpha value is -4.40. The third-order valence-corrected chi connectivity index (χ3v) is 4.65. The van der Waals surface area contributed by atoms with Crippen LogP contribution in [0.5, 0.6) is 11.5 Å². The van der Waals surface area contributed by atoms with Gasteiger partial charge in [-0.1, -0.05) is 0 Å². The number of ether oxygens (including phenoxy) is 2. The molecule has 2 amide bonds. The van der Waals surface area contributed by atoms with E-state index in [-0.39, 0.29) is 5.82 Å². The zero-order valence-corrected chi connectivity index (χ0v) is 17.3. The zero-order valence-electron chi connectivity index (χ0n) is 17.3. The Bertz CT molecular complexity index is 1250. The van der Waals surface area contributed by atoms with Crippen LogP contribution < -0.4 is 25.4 Å². The Morgan fingerprint density at radius 3 is 2.00 bits per heavy atom. The minimum Gasteiger partial charge on any atom is -0.493 e. The lowest BCUT2D eigenvalue weighted by atomic mass is 10.2. The molecule has 4 rings (SSSR count). The molecular formula is C23H20FN5O3. The molecule has 0 spiro atoms. The topological polar surface area (TPSA) is 97.4 Å². The normalized spacial score (nSPS) is 10.5. The third-order valence-electron chi connectivity index (χ3n) is 4.65. The van der Waals surface area contributed by atoms with E-state index in [0.29, 0.717) is 34.2 Å². The van der Waals surface area contributed by atoms with Crippen molar-refractivity contribution in [3.63, 3.8) is 0 Å². The Balaban J connectivity index is 1.47. The number of nitrogens with one attached hydrogen (secondary N) is 3. The van der Waals surface area contributed by atoms with Crippen molar-refractivity contribution in [3.8, 4) is 11.5 Å². The first-order valence-corrected chi connectivity index (χ1v) is 9.63. The van der Waals surface area contributed by atoms with E-state index in [1.165, 1.54) is 30.6 Å². The first-order chi connectivity index (χ1) is 15.6. The summed E-state index contributed by atoms with van der Waals surface area (Å²) in [7, 11) is 3.14. The molecule has 0 atom stereocenters. The molecule has 0 aliphatic carbocycles. The van der Waals surface area contributed by atoms with Gasteiger partial charge in [-0.05, 0) is 54.6 Å². The number of rotatable bonds is 6. The van der Waals surface area contributed by atoms with Crippen LogP contribution in [-0.2, 0) is 0 Å². The molecule has 8 nitrogen and oxygen atoms in total. The van der Waals surface area contributed by atoms with Crippen LogP contribution >= 0.6 is 0 Å². The fourth-order valence-corrected chi connectivity index (χ4v) is 3.08. The second-order valence-electron chi connectivity index (χ2n) is 6.73. The van der Waals surface area contributed by atoms with Gasteiger partial charge in [0, 0.05) is 28.5 Å². The summed E-state index contributed by atoms with van der Waals surface area (Å²) in [6.45, 7) is 0. The van der Waals surface area contributed by atoms with Gasteiger partial charge in [-0.3, -0.25) is 0 Å². The van der Waals surface area contributed by atoms with Crippen LogP contribution in [0.15, 0.2) is 67.0 Å². The fraction of sp³-hybridized carbons (Fsp3) is 0.0870. The lowest BCUT2D eigenvalue weighted by molar-refractivity contribution is 0.262. The number of carbonyl (C=O) groups excluding carboxylic acids is 1. The highest BCUT2D eigenvalue weighted by Crippen LogP contribution is 2.34. The Labute approximate surface area is 183 Å². The highest BCUT2D eigenvalue weighted by molar-refractivity contribution is 6.00. The molecule has 0 aliphatic rings. The quantitative estimate of drug-likeness (QED) is 0.388. The highest BCUT2D eigenvalue weighted by atomic mass is 19.1. The molecule has 0 unspecified atom stereocenters. The number of fused-ring (bicyclic) bond motifs is 1. The van der Waals surface area contributed by atoms with Crippen molar-refractivity contribution in [2.75, 3.05) is 30.2 Å². The van der Waals surface area contributed by atoms with E-state index in [1.807, 2.05) is 18.2 Å². The smallest absolute Gasteiger partial charge is 0.323 e. The first-order valence-electron chi connectivity index (χ1n) is 9.63. The van der Waals surface area contributed by atoms with Crippen molar-refractivity contribution in [2.24, 2.45) is 0 Å². The Morgan fingerprint density at radius 2 is 1.38 bits per heavy atom. The zero-order chi connectivity index (χ0) is 22.5. The SMILES string of the molecule is COc1cc2ncnc(Nc3ccc(NC(=O)Nc4ccc(F)cc4)cc3)c2cc1OC. The first kappa shape index (κ1) is 20.9. The standard InChI is InChI=1S/C23H20FN5O3/c1-31-20-11-18-19(12-21(20)32-2)25-13-26-22(18)27-15-7-9-17(10-8-15)29-23(30)28-16-5-3-14(24)4-6-16/h3-13H,1-2H3,(H,25,26,27)(H2,28,29,30). The van der Waals surface area contributed by atoms with Crippen LogP contribution in [-0.4, -0.2) is 30.2 Å². The van der Waals surface area contributed by atoms with Crippen LogP contribution in [0.4, 0.5) is 32.1 Å². The van der Waals surface area contributed by atoms with Gasteiger partial charge in [-0.2, -0.15) is 0 Å². The van der Waals surface area contributed by atoms with Crippen molar-refractivity contribution in [3.05, 3.63) is 72.8 Å². The number of benzene rings is 3. The van der Waals surface area contributed by atoms with Crippen LogP contribution in [0.2, 0.25) is 0 Å². The predicted octanol–water partition coefficient (Wildman–Crippen LogP) is 5.17. The van der Waals surface area contributed by atoms with Crippen molar-refractivity contribution in [1.82, 2.24) is 9.97 Å². The van der Waals surface area contributed by atoms with Gasteiger partial charge in [0.1, 0.15) is 18.0 Å². The minimum absolute atomic E-state index is 0.368. The monoisotopic (exact) mass is 433 g/mol. The van der Waals surface area contributed by atoms with Crippen LogP contribution in [0.3, 0.4) is 0 Å². The second kappa shape index (κ2) is 9.17. The molecule has 9 heteroatoms. The minimum atomic E-state index is -0.430. The van der Waals surface area contributed by atoms with E-state index >= 15 is 0 Å².